The number of rotatable bonds is 7. The fourth-order valence-corrected chi connectivity index (χ4v) is 3.88. The van der Waals surface area contributed by atoms with Crippen LogP contribution < -0.4 is 5.32 Å². The summed E-state index contributed by atoms with van der Waals surface area (Å²) in [6.07, 6.45) is 0.707. The van der Waals surface area contributed by atoms with Crippen LogP contribution in [-0.4, -0.2) is 41.3 Å². The Labute approximate surface area is 192 Å². The van der Waals surface area contributed by atoms with E-state index in [1.165, 1.54) is 0 Å². The molecule has 2 amide bonds. The minimum atomic E-state index is -0.440. The lowest BCUT2D eigenvalue weighted by Crippen LogP contribution is -2.46. The van der Waals surface area contributed by atoms with Crippen LogP contribution in [0.4, 0.5) is 4.79 Å². The van der Waals surface area contributed by atoms with Crippen molar-refractivity contribution in [3.63, 3.8) is 0 Å². The molecule has 32 heavy (non-hydrogen) atoms. The summed E-state index contributed by atoms with van der Waals surface area (Å²) in [4.78, 5) is 19.3. The Balaban J connectivity index is 1.76. The van der Waals surface area contributed by atoms with E-state index in [1.54, 1.807) is 24.1 Å². The molecule has 1 aliphatic rings. The van der Waals surface area contributed by atoms with E-state index in [2.05, 4.69) is 15.5 Å². The Hall–Kier alpha value is -3.16. The Kier molecular flexibility index (Phi) is 6.58. The molecule has 0 bridgehead atoms. The lowest BCUT2D eigenvalue weighted by molar-refractivity contribution is 0.174. The summed E-state index contributed by atoms with van der Waals surface area (Å²) < 4.78 is 10.8. The van der Waals surface area contributed by atoms with Gasteiger partial charge in [-0.2, -0.15) is 4.98 Å². The number of allylic oxidation sites excluding steroid dienone is 1. The molecule has 0 saturated carbocycles. The largest absolute Gasteiger partial charge is 0.385 e. The second kappa shape index (κ2) is 9.54. The zero-order chi connectivity index (χ0) is 22.7. The highest BCUT2D eigenvalue weighted by Crippen LogP contribution is 2.37. The molecule has 1 atom stereocenters. The fraction of sp³-hybridized carbons (Fsp3) is 0.292. The average molecular weight is 453 g/mol. The third-order valence-corrected chi connectivity index (χ3v) is 5.75. The van der Waals surface area contributed by atoms with Crippen molar-refractivity contribution in [3.8, 4) is 11.4 Å². The monoisotopic (exact) mass is 452 g/mol. The number of hydrogen-bond donors (Lipinski definition) is 1. The van der Waals surface area contributed by atoms with E-state index in [4.69, 9.17) is 20.9 Å². The van der Waals surface area contributed by atoms with Crippen LogP contribution in [-0.2, 0) is 4.74 Å². The average Bonchev–Trinajstić information content (AvgIpc) is 3.26. The number of amides is 2. The van der Waals surface area contributed by atoms with Crippen LogP contribution in [0.1, 0.15) is 36.4 Å². The molecule has 2 aromatic carbocycles. The standard InChI is InChI=1S/C24H25ClN4O3/c1-15-5-7-18(8-6-15)22-27-23(32-28-22)20-16(2)29(13-4-14-31-3)24(30)26-21(20)17-9-11-19(25)12-10-17/h5-12,21H,4,13-14H2,1-3H3,(H,26,30). The second-order valence-electron chi connectivity index (χ2n) is 7.72. The van der Waals surface area contributed by atoms with Gasteiger partial charge in [-0.1, -0.05) is 58.7 Å². The SMILES string of the molecule is COCCCN1C(=O)NC(c2ccc(Cl)cc2)C(c2nc(-c3ccc(C)cc3)no2)=C1C. The van der Waals surface area contributed by atoms with Crippen LogP contribution in [0.15, 0.2) is 58.8 Å². The van der Waals surface area contributed by atoms with Gasteiger partial charge in [0.1, 0.15) is 0 Å². The highest BCUT2D eigenvalue weighted by atomic mass is 35.5. The number of ether oxygens (including phenoxy) is 1. The summed E-state index contributed by atoms with van der Waals surface area (Å²) >= 11 is 6.08. The summed E-state index contributed by atoms with van der Waals surface area (Å²) in [5.74, 6) is 0.868. The number of carbonyl (C=O) groups is 1. The van der Waals surface area contributed by atoms with Gasteiger partial charge in [0.15, 0.2) is 0 Å². The highest BCUT2D eigenvalue weighted by molar-refractivity contribution is 6.30. The van der Waals surface area contributed by atoms with E-state index in [1.807, 2.05) is 50.2 Å². The maximum Gasteiger partial charge on any atom is 0.322 e. The van der Waals surface area contributed by atoms with E-state index < -0.39 is 6.04 Å². The van der Waals surface area contributed by atoms with Crippen LogP contribution in [0.25, 0.3) is 17.0 Å². The minimum Gasteiger partial charge on any atom is -0.385 e. The summed E-state index contributed by atoms with van der Waals surface area (Å²) in [5.41, 5.74) is 4.42. The maximum absolute atomic E-state index is 12.9. The summed E-state index contributed by atoms with van der Waals surface area (Å²) in [7, 11) is 1.64. The van der Waals surface area contributed by atoms with Gasteiger partial charge in [-0.15, -0.1) is 0 Å². The zero-order valence-corrected chi connectivity index (χ0v) is 19.0. The maximum atomic E-state index is 12.9. The number of aromatic nitrogens is 2. The molecule has 8 heteroatoms. The number of methoxy groups -OCH3 is 1. The van der Waals surface area contributed by atoms with E-state index >= 15 is 0 Å². The first kappa shape index (κ1) is 22.0. The number of aryl methyl sites for hydroxylation is 1. The first-order valence-corrected chi connectivity index (χ1v) is 10.8. The number of benzene rings is 2. The van der Waals surface area contributed by atoms with E-state index in [0.717, 1.165) is 28.0 Å². The second-order valence-corrected chi connectivity index (χ2v) is 8.16. The van der Waals surface area contributed by atoms with Crippen LogP contribution in [0.5, 0.6) is 0 Å². The number of hydrogen-bond acceptors (Lipinski definition) is 5. The lowest BCUT2D eigenvalue weighted by atomic mass is 9.94. The first-order valence-electron chi connectivity index (χ1n) is 10.4. The summed E-state index contributed by atoms with van der Waals surface area (Å²) in [6.45, 7) is 5.01. The van der Waals surface area contributed by atoms with Crippen molar-refractivity contribution in [1.82, 2.24) is 20.4 Å². The van der Waals surface area contributed by atoms with Crippen molar-refractivity contribution >= 4 is 23.2 Å². The van der Waals surface area contributed by atoms with E-state index in [0.29, 0.717) is 36.3 Å². The Bertz CT molecular complexity index is 1120. The number of carbonyl (C=O) groups excluding carboxylic acids is 1. The molecule has 0 fully saturated rings. The molecule has 7 nitrogen and oxygen atoms in total. The summed E-state index contributed by atoms with van der Waals surface area (Å²) in [6, 6.07) is 14.7. The normalized spacial score (nSPS) is 16.4. The molecule has 1 unspecified atom stereocenters. The quantitative estimate of drug-likeness (QED) is 0.496. The molecule has 1 aromatic heterocycles. The van der Waals surface area contributed by atoms with Gasteiger partial charge in [0.25, 0.3) is 5.89 Å². The van der Waals surface area contributed by atoms with Gasteiger partial charge in [0.05, 0.1) is 11.6 Å². The number of nitrogens with one attached hydrogen (secondary N) is 1. The van der Waals surface area contributed by atoms with Crippen LogP contribution in [0.3, 0.4) is 0 Å². The van der Waals surface area contributed by atoms with Crippen molar-refractivity contribution in [2.24, 2.45) is 0 Å². The molecule has 3 aromatic rings. The highest BCUT2D eigenvalue weighted by Gasteiger charge is 2.35. The zero-order valence-electron chi connectivity index (χ0n) is 18.3. The van der Waals surface area contributed by atoms with Crippen molar-refractivity contribution < 1.29 is 14.1 Å². The van der Waals surface area contributed by atoms with E-state index in [9.17, 15) is 4.79 Å². The molecule has 166 valence electrons. The van der Waals surface area contributed by atoms with Gasteiger partial charge >= 0.3 is 6.03 Å². The van der Waals surface area contributed by atoms with Crippen molar-refractivity contribution in [2.45, 2.75) is 26.3 Å². The topological polar surface area (TPSA) is 80.5 Å². The predicted octanol–water partition coefficient (Wildman–Crippen LogP) is 5.23. The van der Waals surface area contributed by atoms with Crippen molar-refractivity contribution in [1.29, 1.82) is 0 Å². The first-order chi connectivity index (χ1) is 15.5. The molecule has 0 saturated heterocycles. The van der Waals surface area contributed by atoms with Crippen molar-refractivity contribution in [3.05, 3.63) is 76.3 Å². The molecule has 1 N–H and O–H groups in total. The Morgan fingerprint density at radius 2 is 1.84 bits per heavy atom. The van der Waals surface area contributed by atoms with Gasteiger partial charge in [-0.3, -0.25) is 4.90 Å². The Morgan fingerprint density at radius 1 is 1.12 bits per heavy atom. The number of nitrogens with zero attached hydrogens (tertiary/aromatic N) is 3. The molecular formula is C24H25ClN4O3. The molecule has 0 aliphatic carbocycles. The van der Waals surface area contributed by atoms with Gasteiger partial charge in [0, 0.05) is 36.5 Å². The molecule has 2 heterocycles. The third kappa shape index (κ3) is 4.54. The van der Waals surface area contributed by atoms with Gasteiger partial charge in [-0.05, 0) is 38.0 Å². The summed E-state index contributed by atoms with van der Waals surface area (Å²) in [5, 5.41) is 7.90. The molecule has 1 aliphatic heterocycles. The van der Waals surface area contributed by atoms with E-state index in [-0.39, 0.29) is 6.03 Å². The number of urea groups is 1. The molecular weight excluding hydrogens is 428 g/mol. The smallest absolute Gasteiger partial charge is 0.322 e. The van der Waals surface area contributed by atoms with Gasteiger partial charge in [-0.25, -0.2) is 4.79 Å². The molecule has 4 rings (SSSR count). The minimum absolute atomic E-state index is 0.180. The van der Waals surface area contributed by atoms with Crippen LogP contribution >= 0.6 is 11.6 Å². The van der Waals surface area contributed by atoms with Gasteiger partial charge < -0.3 is 14.6 Å². The van der Waals surface area contributed by atoms with Gasteiger partial charge in [0.2, 0.25) is 5.82 Å². The number of halogens is 1. The Morgan fingerprint density at radius 3 is 2.53 bits per heavy atom. The van der Waals surface area contributed by atoms with Crippen LogP contribution in [0.2, 0.25) is 5.02 Å². The predicted molar refractivity (Wildman–Crippen MR) is 123 cm³/mol. The molecule has 0 spiro atoms. The lowest BCUT2D eigenvalue weighted by Gasteiger charge is -2.35. The molecule has 0 radical (unpaired) electrons. The fourth-order valence-electron chi connectivity index (χ4n) is 3.75. The van der Waals surface area contributed by atoms with Crippen LogP contribution in [0, 0.1) is 6.92 Å². The van der Waals surface area contributed by atoms with Crippen molar-refractivity contribution in [2.75, 3.05) is 20.3 Å². The third-order valence-electron chi connectivity index (χ3n) is 5.50.